The Balaban J connectivity index is 1.89. The molecule has 0 atom stereocenters. The second-order valence-corrected chi connectivity index (χ2v) is 5.63. The van der Waals surface area contributed by atoms with Gasteiger partial charge in [0.15, 0.2) is 0 Å². The minimum Gasteiger partial charge on any atom is -0.478 e. The molecule has 0 saturated heterocycles. The summed E-state index contributed by atoms with van der Waals surface area (Å²) >= 11 is 0. The maximum absolute atomic E-state index is 13.0. The van der Waals surface area contributed by atoms with Crippen LogP contribution in [0.3, 0.4) is 0 Å². The van der Waals surface area contributed by atoms with Crippen LogP contribution < -0.4 is 5.32 Å². The van der Waals surface area contributed by atoms with Crippen molar-refractivity contribution in [2.45, 2.75) is 0 Å². The lowest BCUT2D eigenvalue weighted by Gasteiger charge is -2.11. The lowest BCUT2D eigenvalue weighted by molar-refractivity contribution is 0.0698. The zero-order chi connectivity index (χ0) is 18.5. The van der Waals surface area contributed by atoms with E-state index in [1.807, 2.05) is 0 Å². The Kier molecular flexibility index (Phi) is 5.08. The summed E-state index contributed by atoms with van der Waals surface area (Å²) in [6.07, 6.45) is 3.60. The highest BCUT2D eigenvalue weighted by molar-refractivity contribution is 5.96. The van der Waals surface area contributed by atoms with Crippen LogP contribution in [0.4, 0.5) is 20.2 Å². The fourth-order valence-corrected chi connectivity index (χ4v) is 2.41. The number of nitrogens with one attached hydrogen (secondary N) is 1. The monoisotopic (exact) mass is 351 g/mol. The van der Waals surface area contributed by atoms with Crippen molar-refractivity contribution in [2.24, 2.45) is 0 Å². The Morgan fingerprint density at radius 3 is 1.96 bits per heavy atom. The van der Waals surface area contributed by atoms with E-state index in [1.54, 1.807) is 36.4 Å². The number of hydrogen-bond donors (Lipinski definition) is 2. The summed E-state index contributed by atoms with van der Waals surface area (Å²) in [7, 11) is 0. The van der Waals surface area contributed by atoms with Crippen molar-refractivity contribution in [3.05, 3.63) is 95.1 Å². The summed E-state index contributed by atoms with van der Waals surface area (Å²) in [5, 5.41) is 12.4. The third-order valence-electron chi connectivity index (χ3n) is 3.74. The molecule has 0 unspecified atom stereocenters. The van der Waals surface area contributed by atoms with Gasteiger partial charge < -0.3 is 10.4 Å². The van der Waals surface area contributed by atoms with Gasteiger partial charge in [0.1, 0.15) is 11.6 Å². The largest absolute Gasteiger partial charge is 0.478 e. The number of halogens is 2. The first-order valence-electron chi connectivity index (χ1n) is 7.85. The van der Waals surface area contributed by atoms with Gasteiger partial charge in [0.25, 0.3) is 0 Å². The fourth-order valence-electron chi connectivity index (χ4n) is 2.41. The van der Waals surface area contributed by atoms with Gasteiger partial charge in [-0.3, -0.25) is 0 Å². The molecule has 5 heteroatoms. The van der Waals surface area contributed by atoms with Crippen molar-refractivity contribution in [1.82, 2.24) is 0 Å². The normalized spacial score (nSPS) is 10.8. The molecule has 26 heavy (non-hydrogen) atoms. The molecular formula is C21H15F2NO2. The van der Waals surface area contributed by atoms with Crippen LogP contribution in [0.5, 0.6) is 0 Å². The molecule has 0 aliphatic carbocycles. The van der Waals surface area contributed by atoms with Crippen LogP contribution in [0.2, 0.25) is 0 Å². The molecule has 0 fully saturated rings. The van der Waals surface area contributed by atoms with Gasteiger partial charge in [-0.25, -0.2) is 13.6 Å². The van der Waals surface area contributed by atoms with Gasteiger partial charge in [-0.1, -0.05) is 30.4 Å². The molecule has 0 bridgehead atoms. The number of carboxylic acids is 1. The zero-order valence-electron chi connectivity index (χ0n) is 13.6. The Morgan fingerprint density at radius 2 is 1.35 bits per heavy atom. The Labute approximate surface area is 149 Å². The van der Waals surface area contributed by atoms with E-state index in [0.29, 0.717) is 11.4 Å². The van der Waals surface area contributed by atoms with E-state index < -0.39 is 5.97 Å². The van der Waals surface area contributed by atoms with Crippen LogP contribution in [0.1, 0.15) is 21.5 Å². The van der Waals surface area contributed by atoms with E-state index in [2.05, 4.69) is 5.32 Å². The predicted octanol–water partition coefficient (Wildman–Crippen LogP) is 5.58. The minimum absolute atomic E-state index is 0.105. The number of anilines is 2. The van der Waals surface area contributed by atoms with E-state index in [4.69, 9.17) is 0 Å². The van der Waals surface area contributed by atoms with E-state index >= 15 is 0 Å². The summed E-state index contributed by atoms with van der Waals surface area (Å²) in [5.41, 5.74) is 2.66. The van der Waals surface area contributed by atoms with E-state index in [0.717, 1.165) is 11.1 Å². The SMILES string of the molecule is O=C(O)c1ccc(/C=C/c2ccc(F)cc2)cc1Nc1ccc(F)cc1. The third-order valence-corrected chi connectivity index (χ3v) is 3.74. The second-order valence-electron chi connectivity index (χ2n) is 5.63. The Hall–Kier alpha value is -3.47. The van der Waals surface area contributed by atoms with Gasteiger partial charge in [-0.15, -0.1) is 0 Å². The van der Waals surface area contributed by atoms with Crippen molar-refractivity contribution < 1.29 is 18.7 Å². The van der Waals surface area contributed by atoms with Crippen molar-refractivity contribution in [2.75, 3.05) is 5.32 Å². The van der Waals surface area contributed by atoms with Gasteiger partial charge in [0.05, 0.1) is 11.3 Å². The van der Waals surface area contributed by atoms with Crippen molar-refractivity contribution >= 4 is 29.5 Å². The number of benzene rings is 3. The number of rotatable bonds is 5. The highest BCUT2D eigenvalue weighted by Crippen LogP contribution is 2.24. The van der Waals surface area contributed by atoms with Crippen LogP contribution in [-0.2, 0) is 0 Å². The first-order chi connectivity index (χ1) is 12.5. The van der Waals surface area contributed by atoms with E-state index in [9.17, 15) is 18.7 Å². The summed E-state index contributed by atoms with van der Waals surface area (Å²) in [6, 6.07) is 16.5. The molecule has 0 spiro atoms. The fraction of sp³-hybridized carbons (Fsp3) is 0. The smallest absolute Gasteiger partial charge is 0.337 e. The molecule has 3 nitrogen and oxygen atoms in total. The van der Waals surface area contributed by atoms with Crippen molar-refractivity contribution in [3.63, 3.8) is 0 Å². The molecule has 0 aromatic heterocycles. The maximum Gasteiger partial charge on any atom is 0.337 e. The molecule has 0 heterocycles. The highest BCUT2D eigenvalue weighted by Gasteiger charge is 2.10. The molecule has 0 amide bonds. The van der Waals surface area contributed by atoms with Crippen LogP contribution >= 0.6 is 0 Å². The first kappa shape index (κ1) is 17.4. The van der Waals surface area contributed by atoms with Crippen LogP contribution in [0.15, 0.2) is 66.7 Å². The maximum atomic E-state index is 13.0. The van der Waals surface area contributed by atoms with E-state index in [-0.39, 0.29) is 17.2 Å². The number of carbonyl (C=O) groups is 1. The van der Waals surface area contributed by atoms with Crippen LogP contribution in [-0.4, -0.2) is 11.1 Å². The lowest BCUT2D eigenvalue weighted by atomic mass is 10.1. The Bertz CT molecular complexity index is 949. The topological polar surface area (TPSA) is 49.3 Å². The van der Waals surface area contributed by atoms with Gasteiger partial charge in [-0.2, -0.15) is 0 Å². The average Bonchev–Trinajstić information content (AvgIpc) is 2.63. The quantitative estimate of drug-likeness (QED) is 0.590. The summed E-state index contributed by atoms with van der Waals surface area (Å²) in [4.78, 5) is 11.4. The van der Waals surface area contributed by atoms with E-state index in [1.165, 1.54) is 42.5 Å². The molecule has 3 aromatic carbocycles. The number of aromatic carboxylic acids is 1. The highest BCUT2D eigenvalue weighted by atomic mass is 19.1. The van der Waals surface area contributed by atoms with Crippen molar-refractivity contribution in [3.8, 4) is 0 Å². The van der Waals surface area contributed by atoms with Gasteiger partial charge >= 0.3 is 5.97 Å². The zero-order valence-corrected chi connectivity index (χ0v) is 13.6. The predicted molar refractivity (Wildman–Crippen MR) is 98.4 cm³/mol. The van der Waals surface area contributed by atoms with Crippen LogP contribution in [0.25, 0.3) is 12.2 Å². The molecule has 2 N–H and O–H groups in total. The third kappa shape index (κ3) is 4.33. The molecular weight excluding hydrogens is 336 g/mol. The standard InChI is InChI=1S/C21H15F2NO2/c22-16-6-3-14(4-7-16)1-2-15-5-12-19(21(25)26)20(13-15)24-18-10-8-17(23)9-11-18/h1-13,24H,(H,25,26)/b2-1+. The van der Waals surface area contributed by atoms with Crippen LogP contribution in [0, 0.1) is 11.6 Å². The van der Waals surface area contributed by atoms with Gasteiger partial charge in [0, 0.05) is 5.69 Å². The molecule has 0 aliphatic rings. The summed E-state index contributed by atoms with van der Waals surface area (Å²) in [6.45, 7) is 0. The number of carboxylic acid groups (broad SMARTS) is 1. The number of hydrogen-bond acceptors (Lipinski definition) is 2. The lowest BCUT2D eigenvalue weighted by Crippen LogP contribution is -2.03. The van der Waals surface area contributed by atoms with Gasteiger partial charge in [-0.05, 0) is 59.7 Å². The molecule has 0 radical (unpaired) electrons. The molecule has 0 saturated carbocycles. The average molecular weight is 351 g/mol. The second kappa shape index (κ2) is 7.61. The summed E-state index contributed by atoms with van der Waals surface area (Å²) in [5.74, 6) is -1.74. The molecule has 3 rings (SSSR count). The van der Waals surface area contributed by atoms with Gasteiger partial charge in [0.2, 0.25) is 0 Å². The van der Waals surface area contributed by atoms with Crippen molar-refractivity contribution in [1.29, 1.82) is 0 Å². The first-order valence-corrected chi connectivity index (χ1v) is 7.85. The molecule has 130 valence electrons. The molecule has 3 aromatic rings. The Morgan fingerprint density at radius 1 is 0.808 bits per heavy atom. The molecule has 0 aliphatic heterocycles. The minimum atomic E-state index is -1.07. The summed E-state index contributed by atoms with van der Waals surface area (Å²) < 4.78 is 26.0.